The number of benzene rings is 2. The molecule has 0 bridgehead atoms. The van der Waals surface area contributed by atoms with Gasteiger partial charge in [0.25, 0.3) is 0 Å². The summed E-state index contributed by atoms with van der Waals surface area (Å²) in [6, 6.07) is 14.7. The minimum absolute atomic E-state index is 0.0501. The Morgan fingerprint density at radius 3 is 2.10 bits per heavy atom. The van der Waals surface area contributed by atoms with Gasteiger partial charge in [0.2, 0.25) is 11.8 Å². The summed E-state index contributed by atoms with van der Waals surface area (Å²) in [6.45, 7) is 4.12. The van der Waals surface area contributed by atoms with Crippen LogP contribution in [0.3, 0.4) is 0 Å². The number of carbonyl (C=O) groups excluding carboxylic acids is 2. The molecule has 7 nitrogen and oxygen atoms in total. The van der Waals surface area contributed by atoms with Crippen molar-refractivity contribution in [3.05, 3.63) is 76.7 Å². The van der Waals surface area contributed by atoms with Crippen molar-refractivity contribution in [2.45, 2.75) is 33.3 Å². The van der Waals surface area contributed by atoms with Crippen molar-refractivity contribution < 1.29 is 18.8 Å². The van der Waals surface area contributed by atoms with Gasteiger partial charge < -0.3 is 19.9 Å². The van der Waals surface area contributed by atoms with Gasteiger partial charge in [0, 0.05) is 12.7 Å². The minimum Gasteiger partial charge on any atom is -0.489 e. The molecule has 3 rings (SSSR count). The molecule has 0 spiro atoms. The van der Waals surface area contributed by atoms with E-state index in [1.165, 1.54) is 0 Å². The predicted molar refractivity (Wildman–Crippen MR) is 113 cm³/mol. The normalized spacial score (nSPS) is 10.5. The largest absolute Gasteiger partial charge is 0.489 e. The summed E-state index contributed by atoms with van der Waals surface area (Å²) in [4.78, 5) is 23.7. The first-order valence-corrected chi connectivity index (χ1v) is 9.67. The average molecular weight is 407 g/mol. The summed E-state index contributed by atoms with van der Waals surface area (Å²) < 4.78 is 10.9. The van der Waals surface area contributed by atoms with Crippen LogP contribution in [0.15, 0.2) is 53.1 Å². The lowest BCUT2D eigenvalue weighted by atomic mass is 10.1. The molecule has 30 heavy (non-hydrogen) atoms. The lowest BCUT2D eigenvalue weighted by Gasteiger charge is -2.08. The van der Waals surface area contributed by atoms with Gasteiger partial charge in [-0.05, 0) is 49.2 Å². The van der Waals surface area contributed by atoms with Crippen LogP contribution in [0.2, 0.25) is 0 Å². The van der Waals surface area contributed by atoms with E-state index in [2.05, 4.69) is 15.8 Å². The Bertz CT molecular complexity index is 988. The molecule has 3 aromatic rings. The monoisotopic (exact) mass is 407 g/mol. The molecular formula is C23H25N3O4. The van der Waals surface area contributed by atoms with Gasteiger partial charge in [-0.1, -0.05) is 29.4 Å². The molecule has 0 aliphatic rings. The number of hydrogen-bond donors (Lipinski definition) is 2. The van der Waals surface area contributed by atoms with Crippen molar-refractivity contribution >= 4 is 17.5 Å². The number of rotatable bonds is 8. The second-order valence-electron chi connectivity index (χ2n) is 7.01. The van der Waals surface area contributed by atoms with Crippen LogP contribution >= 0.6 is 0 Å². The second-order valence-corrected chi connectivity index (χ2v) is 7.01. The molecule has 156 valence electrons. The van der Waals surface area contributed by atoms with E-state index in [4.69, 9.17) is 9.26 Å². The van der Waals surface area contributed by atoms with Crippen LogP contribution in [0.25, 0.3) is 0 Å². The van der Waals surface area contributed by atoms with E-state index in [0.717, 1.165) is 28.1 Å². The zero-order valence-electron chi connectivity index (χ0n) is 17.3. The number of nitrogens with one attached hydrogen (secondary N) is 2. The lowest BCUT2D eigenvalue weighted by Crippen LogP contribution is -2.20. The van der Waals surface area contributed by atoms with Gasteiger partial charge in [-0.25, -0.2) is 0 Å². The Hall–Kier alpha value is -3.61. The molecule has 2 N–H and O–H groups in total. The van der Waals surface area contributed by atoms with Crippen LogP contribution in [-0.2, 0) is 29.0 Å². The third-order valence-electron chi connectivity index (χ3n) is 4.73. The first-order valence-electron chi connectivity index (χ1n) is 9.67. The van der Waals surface area contributed by atoms with E-state index in [-0.39, 0.29) is 18.2 Å². The number of hydrogen-bond acceptors (Lipinski definition) is 5. The molecule has 0 aliphatic carbocycles. The van der Waals surface area contributed by atoms with Crippen LogP contribution in [-0.4, -0.2) is 24.0 Å². The molecule has 0 radical (unpaired) electrons. The average Bonchev–Trinajstić information content (AvgIpc) is 3.06. The first-order chi connectivity index (χ1) is 14.4. The number of carbonyl (C=O) groups is 2. The van der Waals surface area contributed by atoms with Crippen molar-refractivity contribution in [1.29, 1.82) is 0 Å². The van der Waals surface area contributed by atoms with Gasteiger partial charge in [-0.15, -0.1) is 0 Å². The van der Waals surface area contributed by atoms with E-state index >= 15 is 0 Å². The maximum atomic E-state index is 12.3. The number of aryl methyl sites for hydroxylation is 2. The van der Waals surface area contributed by atoms with Gasteiger partial charge in [0.1, 0.15) is 18.1 Å². The standard InChI is InChI=1S/C23H25N3O4/c1-15-21(16(2)30-26-15)14-29-20-10-6-18(7-11-20)13-23(28)25-19-8-4-17(5-9-19)12-22(27)24-3/h4-11H,12-14H2,1-3H3,(H,24,27)(H,25,28). The molecule has 2 aromatic carbocycles. The van der Waals surface area contributed by atoms with Crippen molar-refractivity contribution in [2.75, 3.05) is 12.4 Å². The number of nitrogens with zero attached hydrogens (tertiary/aromatic N) is 1. The summed E-state index contributed by atoms with van der Waals surface area (Å²) in [6.07, 6.45) is 0.569. The SMILES string of the molecule is CNC(=O)Cc1ccc(NC(=O)Cc2ccc(OCc3c(C)noc3C)cc2)cc1. The zero-order chi connectivity index (χ0) is 21.5. The highest BCUT2D eigenvalue weighted by molar-refractivity contribution is 5.92. The van der Waals surface area contributed by atoms with Gasteiger partial charge >= 0.3 is 0 Å². The smallest absolute Gasteiger partial charge is 0.228 e. The topological polar surface area (TPSA) is 93.5 Å². The van der Waals surface area contributed by atoms with Gasteiger partial charge in [0.05, 0.1) is 24.1 Å². The third kappa shape index (κ3) is 5.70. The summed E-state index contributed by atoms with van der Waals surface area (Å²) in [7, 11) is 1.61. The third-order valence-corrected chi connectivity index (χ3v) is 4.73. The Morgan fingerprint density at radius 2 is 1.53 bits per heavy atom. The quantitative estimate of drug-likeness (QED) is 0.597. The van der Waals surface area contributed by atoms with E-state index in [0.29, 0.717) is 24.5 Å². The molecular weight excluding hydrogens is 382 g/mol. The van der Waals surface area contributed by atoms with Crippen molar-refractivity contribution in [3.8, 4) is 5.75 Å². The second kappa shape index (κ2) is 9.73. The molecule has 0 unspecified atom stereocenters. The van der Waals surface area contributed by atoms with E-state index in [9.17, 15) is 9.59 Å². The van der Waals surface area contributed by atoms with Crippen LogP contribution in [0, 0.1) is 13.8 Å². The minimum atomic E-state index is -0.113. The number of likely N-dealkylation sites (N-methyl/N-ethyl adjacent to an activating group) is 1. The summed E-state index contributed by atoms with van der Waals surface area (Å²) in [5, 5.41) is 9.37. The van der Waals surface area contributed by atoms with Gasteiger partial charge in [0.15, 0.2) is 0 Å². The van der Waals surface area contributed by atoms with Crippen molar-refractivity contribution in [2.24, 2.45) is 0 Å². The lowest BCUT2D eigenvalue weighted by molar-refractivity contribution is -0.120. The highest BCUT2D eigenvalue weighted by Crippen LogP contribution is 2.18. The molecule has 0 saturated heterocycles. The number of anilines is 1. The summed E-state index contributed by atoms with van der Waals surface area (Å²) in [5.74, 6) is 1.30. The molecule has 0 atom stereocenters. The Balaban J connectivity index is 1.50. The number of amides is 2. The van der Waals surface area contributed by atoms with Crippen LogP contribution in [0.1, 0.15) is 28.1 Å². The van der Waals surface area contributed by atoms with Crippen LogP contribution < -0.4 is 15.4 Å². The summed E-state index contributed by atoms with van der Waals surface area (Å²) >= 11 is 0. The van der Waals surface area contributed by atoms with Gasteiger partial charge in [-0.2, -0.15) is 0 Å². The Morgan fingerprint density at radius 1 is 0.933 bits per heavy atom. The molecule has 2 amide bonds. The fourth-order valence-electron chi connectivity index (χ4n) is 2.94. The summed E-state index contributed by atoms with van der Waals surface area (Å²) in [5.41, 5.74) is 4.23. The predicted octanol–water partition coefficient (Wildman–Crippen LogP) is 3.34. The van der Waals surface area contributed by atoms with Crippen molar-refractivity contribution in [3.63, 3.8) is 0 Å². The highest BCUT2D eigenvalue weighted by atomic mass is 16.5. The van der Waals surface area contributed by atoms with E-state index in [1.54, 1.807) is 19.2 Å². The number of ether oxygens (including phenoxy) is 1. The number of aromatic nitrogens is 1. The molecule has 7 heteroatoms. The molecule has 1 heterocycles. The molecule has 0 saturated carbocycles. The van der Waals surface area contributed by atoms with E-state index < -0.39 is 0 Å². The molecule has 1 aromatic heterocycles. The molecule has 0 fully saturated rings. The zero-order valence-corrected chi connectivity index (χ0v) is 17.3. The molecule has 0 aliphatic heterocycles. The highest BCUT2D eigenvalue weighted by Gasteiger charge is 2.10. The maximum Gasteiger partial charge on any atom is 0.228 e. The fraction of sp³-hybridized carbons (Fsp3) is 0.261. The Kier molecular flexibility index (Phi) is 6.85. The van der Waals surface area contributed by atoms with Crippen LogP contribution in [0.4, 0.5) is 5.69 Å². The Labute approximate surface area is 175 Å². The maximum absolute atomic E-state index is 12.3. The van der Waals surface area contributed by atoms with Gasteiger partial charge in [-0.3, -0.25) is 9.59 Å². The fourth-order valence-corrected chi connectivity index (χ4v) is 2.94. The first kappa shape index (κ1) is 21.1. The van der Waals surface area contributed by atoms with E-state index in [1.807, 2.05) is 50.2 Å². The van der Waals surface area contributed by atoms with Crippen molar-refractivity contribution in [1.82, 2.24) is 10.5 Å². The van der Waals surface area contributed by atoms with Crippen LogP contribution in [0.5, 0.6) is 5.75 Å².